The Hall–Kier alpha value is -2.57. The van der Waals surface area contributed by atoms with Gasteiger partial charge in [-0.2, -0.15) is 5.10 Å². The molecule has 0 aliphatic rings. The van der Waals surface area contributed by atoms with E-state index in [1.54, 1.807) is 23.7 Å². The fraction of sp³-hybridized carbons (Fsp3) is 0.211. The Morgan fingerprint density at radius 3 is 2.78 bits per heavy atom. The molecule has 1 aromatic carbocycles. The van der Waals surface area contributed by atoms with Crippen molar-refractivity contribution in [3.05, 3.63) is 74.9 Å². The summed E-state index contributed by atoms with van der Waals surface area (Å²) in [6, 6.07) is 9.19. The summed E-state index contributed by atoms with van der Waals surface area (Å²) in [6.07, 6.45) is 2.90. The van der Waals surface area contributed by atoms with Gasteiger partial charge >= 0.3 is 5.97 Å². The van der Waals surface area contributed by atoms with E-state index >= 15 is 0 Å². The fourth-order valence-corrected chi connectivity index (χ4v) is 2.97. The van der Waals surface area contributed by atoms with Gasteiger partial charge in [-0.05, 0) is 31.6 Å². The minimum absolute atomic E-state index is 0.0407. The minimum atomic E-state index is -0.509. The first-order chi connectivity index (χ1) is 12.9. The molecule has 27 heavy (non-hydrogen) atoms. The number of carbonyl (C=O) groups excluding carboxylic acids is 1. The first-order valence-electron chi connectivity index (χ1n) is 8.17. The molecule has 0 aliphatic carbocycles. The van der Waals surface area contributed by atoms with Gasteiger partial charge in [-0.3, -0.25) is 0 Å². The van der Waals surface area contributed by atoms with Gasteiger partial charge in [0.1, 0.15) is 23.2 Å². The smallest absolute Gasteiger partial charge is 0.331 e. The van der Waals surface area contributed by atoms with Crippen LogP contribution in [0.15, 0.2) is 40.9 Å². The summed E-state index contributed by atoms with van der Waals surface area (Å²) < 4.78 is 11.7. The predicted octanol–water partition coefficient (Wildman–Crippen LogP) is 4.60. The van der Waals surface area contributed by atoms with E-state index in [4.69, 9.17) is 32.5 Å². The summed E-state index contributed by atoms with van der Waals surface area (Å²) in [4.78, 5) is 11.9. The molecule has 8 heteroatoms. The maximum atomic E-state index is 11.9. The van der Waals surface area contributed by atoms with Gasteiger partial charge in [0.25, 0.3) is 0 Å². The van der Waals surface area contributed by atoms with Crippen LogP contribution in [0.1, 0.15) is 28.3 Å². The van der Waals surface area contributed by atoms with Crippen molar-refractivity contribution in [2.75, 3.05) is 0 Å². The van der Waals surface area contributed by atoms with Gasteiger partial charge in [0.15, 0.2) is 0 Å². The molecule has 3 aromatic rings. The normalized spacial score (nSPS) is 11.3. The van der Waals surface area contributed by atoms with Gasteiger partial charge in [0.05, 0.1) is 12.2 Å². The average Bonchev–Trinajstić information content (AvgIpc) is 3.17. The maximum Gasteiger partial charge on any atom is 0.331 e. The number of halogens is 2. The van der Waals surface area contributed by atoms with E-state index in [1.807, 2.05) is 31.2 Å². The van der Waals surface area contributed by atoms with Gasteiger partial charge in [0, 0.05) is 22.7 Å². The predicted molar refractivity (Wildman–Crippen MR) is 103 cm³/mol. The summed E-state index contributed by atoms with van der Waals surface area (Å²) in [7, 11) is 0. The first kappa shape index (κ1) is 19.2. The van der Waals surface area contributed by atoms with Crippen molar-refractivity contribution in [2.45, 2.75) is 27.0 Å². The average molecular weight is 406 g/mol. The number of carbonyl (C=O) groups is 1. The third-order valence-electron chi connectivity index (χ3n) is 3.81. The lowest BCUT2D eigenvalue weighted by Crippen LogP contribution is -2.02. The lowest BCUT2D eigenvalue weighted by Gasteiger charge is -2.05. The minimum Gasteiger partial charge on any atom is -0.456 e. The van der Waals surface area contributed by atoms with Crippen molar-refractivity contribution in [1.29, 1.82) is 0 Å². The van der Waals surface area contributed by atoms with E-state index in [1.165, 1.54) is 6.08 Å². The number of benzene rings is 1. The number of aromatic nitrogens is 3. The third kappa shape index (κ3) is 4.78. The van der Waals surface area contributed by atoms with Crippen molar-refractivity contribution in [1.82, 2.24) is 14.9 Å². The topological polar surface area (TPSA) is 70.2 Å². The largest absolute Gasteiger partial charge is 0.456 e. The molecule has 6 nitrogen and oxygen atoms in total. The zero-order valence-electron chi connectivity index (χ0n) is 14.8. The highest BCUT2D eigenvalue weighted by molar-refractivity contribution is 6.32. The maximum absolute atomic E-state index is 11.9. The molecule has 3 rings (SSSR count). The Morgan fingerprint density at radius 2 is 2.07 bits per heavy atom. The Labute approximate surface area is 166 Å². The van der Waals surface area contributed by atoms with Crippen molar-refractivity contribution >= 4 is 35.2 Å². The van der Waals surface area contributed by atoms with Gasteiger partial charge < -0.3 is 9.26 Å². The zero-order chi connectivity index (χ0) is 19.4. The second kappa shape index (κ2) is 8.41. The van der Waals surface area contributed by atoms with Crippen molar-refractivity contribution < 1.29 is 14.1 Å². The molecule has 0 N–H and O–H groups in total. The van der Waals surface area contributed by atoms with Gasteiger partial charge in [-0.15, -0.1) is 0 Å². The lowest BCUT2D eigenvalue weighted by molar-refractivity contribution is -0.139. The second-order valence-electron chi connectivity index (χ2n) is 5.91. The summed E-state index contributed by atoms with van der Waals surface area (Å²) in [6.45, 7) is 4.06. The van der Waals surface area contributed by atoms with E-state index in [2.05, 4.69) is 10.3 Å². The van der Waals surface area contributed by atoms with Crippen LogP contribution in [0.5, 0.6) is 0 Å². The molecule has 0 atom stereocenters. The van der Waals surface area contributed by atoms with Crippen LogP contribution in [0.3, 0.4) is 0 Å². The Bertz CT molecular complexity index is 992. The molecule has 0 unspecified atom stereocenters. The first-order valence-corrected chi connectivity index (χ1v) is 8.93. The molecule has 140 valence electrons. The van der Waals surface area contributed by atoms with Crippen LogP contribution < -0.4 is 0 Å². The van der Waals surface area contributed by atoms with Crippen LogP contribution >= 0.6 is 23.2 Å². The van der Waals surface area contributed by atoms with Gasteiger partial charge in [-0.25, -0.2) is 9.48 Å². The number of aryl methyl sites for hydroxylation is 2. The van der Waals surface area contributed by atoms with E-state index in [9.17, 15) is 4.79 Å². The van der Waals surface area contributed by atoms with Crippen LogP contribution in [0.2, 0.25) is 10.2 Å². The fourth-order valence-electron chi connectivity index (χ4n) is 2.48. The highest BCUT2D eigenvalue weighted by Crippen LogP contribution is 2.24. The molecular formula is C19H17Cl2N3O3. The van der Waals surface area contributed by atoms with E-state index in [0.29, 0.717) is 39.4 Å². The molecule has 0 bridgehead atoms. The standard InChI is InChI=1S/C19H17Cl2N3O3/c1-12-9-15(23-27-12)11-26-18(25)8-7-16-13(2)22-24(19(16)21)10-14-5-3-4-6-17(14)20/h3-9H,10-11H2,1-2H3/b8-7+. The Kier molecular flexibility index (Phi) is 5.98. The van der Waals surface area contributed by atoms with Crippen LogP contribution in [0.25, 0.3) is 6.08 Å². The van der Waals surface area contributed by atoms with E-state index in [0.717, 1.165) is 5.56 Å². The number of nitrogens with zero attached hydrogens (tertiary/aromatic N) is 3. The number of hydrogen-bond acceptors (Lipinski definition) is 5. The molecule has 0 fully saturated rings. The zero-order valence-corrected chi connectivity index (χ0v) is 16.3. The molecule has 0 radical (unpaired) electrons. The molecule has 0 saturated carbocycles. The number of esters is 1. The molecule has 0 aliphatic heterocycles. The molecule has 2 heterocycles. The second-order valence-corrected chi connectivity index (χ2v) is 6.67. The Balaban J connectivity index is 1.67. The SMILES string of the molecule is Cc1cc(COC(=O)/C=C/c2c(C)nn(Cc3ccccc3Cl)c2Cl)no1. The van der Waals surface area contributed by atoms with Crippen molar-refractivity contribution in [3.8, 4) is 0 Å². The molecule has 0 amide bonds. The summed E-state index contributed by atoms with van der Waals surface area (Å²) in [5.74, 6) is 0.148. The summed E-state index contributed by atoms with van der Waals surface area (Å²) >= 11 is 12.6. The monoisotopic (exact) mass is 405 g/mol. The third-order valence-corrected chi connectivity index (χ3v) is 4.58. The van der Waals surface area contributed by atoms with Crippen molar-refractivity contribution in [2.24, 2.45) is 0 Å². The van der Waals surface area contributed by atoms with E-state index < -0.39 is 5.97 Å². The van der Waals surface area contributed by atoms with Gasteiger partial charge in [-0.1, -0.05) is 46.6 Å². The van der Waals surface area contributed by atoms with Crippen LogP contribution in [0, 0.1) is 13.8 Å². The summed E-state index contributed by atoms with van der Waals surface area (Å²) in [5.41, 5.74) is 2.80. The summed E-state index contributed by atoms with van der Waals surface area (Å²) in [5, 5.41) is 9.25. The van der Waals surface area contributed by atoms with Crippen LogP contribution in [0.4, 0.5) is 0 Å². The molecule has 2 aromatic heterocycles. The lowest BCUT2D eigenvalue weighted by atomic mass is 10.2. The molecule has 0 spiro atoms. The van der Waals surface area contributed by atoms with Gasteiger partial charge in [0.2, 0.25) is 0 Å². The van der Waals surface area contributed by atoms with Crippen LogP contribution in [-0.4, -0.2) is 20.9 Å². The quantitative estimate of drug-likeness (QED) is 0.442. The Morgan fingerprint density at radius 1 is 1.30 bits per heavy atom. The highest BCUT2D eigenvalue weighted by Gasteiger charge is 2.13. The number of hydrogen-bond donors (Lipinski definition) is 0. The van der Waals surface area contributed by atoms with Crippen LogP contribution in [-0.2, 0) is 22.7 Å². The van der Waals surface area contributed by atoms with Crippen molar-refractivity contribution in [3.63, 3.8) is 0 Å². The number of rotatable bonds is 6. The molecule has 0 saturated heterocycles. The number of ether oxygens (including phenoxy) is 1. The molecular weight excluding hydrogens is 389 g/mol. The highest BCUT2D eigenvalue weighted by atomic mass is 35.5. The van der Waals surface area contributed by atoms with E-state index in [-0.39, 0.29) is 6.61 Å².